The molecule has 0 radical (unpaired) electrons. The largest absolute Gasteiger partial charge is 0.481 e. The molecule has 1 aromatic heterocycles. The molecule has 0 fully saturated rings. The van der Waals surface area contributed by atoms with Crippen molar-refractivity contribution in [3.05, 3.63) is 59.8 Å². The summed E-state index contributed by atoms with van der Waals surface area (Å²) in [5.41, 5.74) is 2.28. The van der Waals surface area contributed by atoms with Gasteiger partial charge in [0.05, 0.1) is 13.7 Å². The Morgan fingerprint density at radius 2 is 1.95 bits per heavy atom. The van der Waals surface area contributed by atoms with Crippen molar-refractivity contribution in [2.75, 3.05) is 13.7 Å². The maximum Gasteiger partial charge on any atom is 0.212 e. The highest BCUT2D eigenvalue weighted by atomic mass is 16.5. The molecule has 2 N–H and O–H groups in total. The van der Waals surface area contributed by atoms with E-state index in [2.05, 4.69) is 22.4 Å². The molecule has 106 valence electrons. The number of aromatic nitrogens is 1. The van der Waals surface area contributed by atoms with Gasteiger partial charge in [0.15, 0.2) is 0 Å². The van der Waals surface area contributed by atoms with E-state index in [4.69, 9.17) is 4.74 Å². The van der Waals surface area contributed by atoms with E-state index in [0.717, 1.165) is 12.0 Å². The highest BCUT2D eigenvalue weighted by molar-refractivity contribution is 5.18. The van der Waals surface area contributed by atoms with E-state index in [-0.39, 0.29) is 12.6 Å². The molecule has 1 heterocycles. The second-order valence-corrected chi connectivity index (χ2v) is 4.66. The van der Waals surface area contributed by atoms with Crippen LogP contribution in [-0.4, -0.2) is 29.8 Å². The second-order valence-electron chi connectivity index (χ2n) is 4.66. The minimum absolute atomic E-state index is 0.0412. The van der Waals surface area contributed by atoms with Crippen molar-refractivity contribution in [3.8, 4) is 5.88 Å². The van der Waals surface area contributed by atoms with Crippen LogP contribution in [0.1, 0.15) is 11.1 Å². The number of benzene rings is 1. The zero-order valence-electron chi connectivity index (χ0n) is 11.6. The number of nitrogens with zero attached hydrogens (tertiary/aromatic N) is 1. The van der Waals surface area contributed by atoms with E-state index in [1.165, 1.54) is 5.56 Å². The van der Waals surface area contributed by atoms with Crippen LogP contribution in [0.25, 0.3) is 0 Å². The molecule has 0 aliphatic heterocycles. The van der Waals surface area contributed by atoms with Crippen LogP contribution >= 0.6 is 0 Å². The van der Waals surface area contributed by atoms with E-state index >= 15 is 0 Å². The van der Waals surface area contributed by atoms with Crippen molar-refractivity contribution in [2.24, 2.45) is 0 Å². The SMILES string of the molecule is COc1ccc(CN[C@H](CO)Cc2ccccc2)cn1. The molecule has 0 saturated carbocycles. The smallest absolute Gasteiger partial charge is 0.212 e. The first kappa shape index (κ1) is 14.5. The molecule has 0 bridgehead atoms. The van der Waals surface area contributed by atoms with Gasteiger partial charge >= 0.3 is 0 Å². The van der Waals surface area contributed by atoms with E-state index in [9.17, 15) is 5.11 Å². The number of ether oxygens (including phenoxy) is 1. The zero-order chi connectivity index (χ0) is 14.2. The third kappa shape index (κ3) is 4.33. The van der Waals surface area contributed by atoms with Gasteiger partial charge < -0.3 is 15.2 Å². The molecule has 0 aliphatic rings. The van der Waals surface area contributed by atoms with E-state index in [1.807, 2.05) is 30.3 Å². The van der Waals surface area contributed by atoms with Crippen LogP contribution in [0.5, 0.6) is 5.88 Å². The van der Waals surface area contributed by atoms with Gasteiger partial charge in [0.2, 0.25) is 5.88 Å². The van der Waals surface area contributed by atoms with Gasteiger partial charge in [-0.2, -0.15) is 0 Å². The molecular formula is C16H20N2O2. The van der Waals surface area contributed by atoms with Crippen molar-refractivity contribution in [3.63, 3.8) is 0 Å². The summed E-state index contributed by atoms with van der Waals surface area (Å²) in [6.45, 7) is 0.785. The lowest BCUT2D eigenvalue weighted by Gasteiger charge is -2.16. The molecule has 0 aliphatic carbocycles. The Morgan fingerprint density at radius 1 is 1.15 bits per heavy atom. The summed E-state index contributed by atoms with van der Waals surface area (Å²) in [4.78, 5) is 4.16. The normalized spacial score (nSPS) is 12.1. The molecule has 4 heteroatoms. The molecule has 0 amide bonds. The second kappa shape index (κ2) is 7.62. The Balaban J connectivity index is 1.86. The number of aliphatic hydroxyl groups excluding tert-OH is 1. The van der Waals surface area contributed by atoms with Gasteiger partial charge in [0, 0.05) is 24.8 Å². The summed E-state index contributed by atoms with van der Waals surface area (Å²) in [5.74, 6) is 0.608. The predicted octanol–water partition coefficient (Wildman–Crippen LogP) is 1.78. The Hall–Kier alpha value is -1.91. The molecule has 2 aromatic rings. The molecule has 1 atom stereocenters. The molecule has 1 aromatic carbocycles. The number of nitrogens with one attached hydrogen (secondary N) is 1. The van der Waals surface area contributed by atoms with Gasteiger partial charge in [-0.3, -0.25) is 0 Å². The van der Waals surface area contributed by atoms with Crippen LogP contribution < -0.4 is 10.1 Å². The summed E-state index contributed by atoms with van der Waals surface area (Å²) in [6, 6.07) is 14.0. The average Bonchev–Trinajstić information content (AvgIpc) is 2.53. The topological polar surface area (TPSA) is 54.4 Å². The molecule has 4 nitrogen and oxygen atoms in total. The third-order valence-corrected chi connectivity index (χ3v) is 3.15. The molecule has 0 unspecified atom stereocenters. The summed E-state index contributed by atoms with van der Waals surface area (Å²) in [5, 5.41) is 12.8. The molecule has 2 rings (SSSR count). The molecule has 0 saturated heterocycles. The Bertz CT molecular complexity index is 500. The van der Waals surface area contributed by atoms with Crippen LogP contribution in [0.3, 0.4) is 0 Å². The van der Waals surface area contributed by atoms with E-state index in [0.29, 0.717) is 12.4 Å². The van der Waals surface area contributed by atoms with E-state index in [1.54, 1.807) is 13.3 Å². The summed E-state index contributed by atoms with van der Waals surface area (Å²) in [6.07, 6.45) is 2.59. The van der Waals surface area contributed by atoms with Gasteiger partial charge in [-0.15, -0.1) is 0 Å². The Kier molecular flexibility index (Phi) is 5.53. The van der Waals surface area contributed by atoms with Crippen molar-refractivity contribution in [2.45, 2.75) is 19.0 Å². The fraction of sp³-hybridized carbons (Fsp3) is 0.312. The number of hydrogen-bond donors (Lipinski definition) is 2. The highest BCUT2D eigenvalue weighted by Gasteiger charge is 2.08. The van der Waals surface area contributed by atoms with Crippen LogP contribution in [0.4, 0.5) is 0 Å². The lowest BCUT2D eigenvalue weighted by molar-refractivity contribution is 0.240. The first-order valence-corrected chi connectivity index (χ1v) is 6.69. The van der Waals surface area contributed by atoms with Crippen molar-refractivity contribution in [1.29, 1.82) is 0 Å². The van der Waals surface area contributed by atoms with Gasteiger partial charge in [-0.05, 0) is 17.5 Å². The Labute approximate surface area is 119 Å². The lowest BCUT2D eigenvalue weighted by Crippen LogP contribution is -2.34. The van der Waals surface area contributed by atoms with Crippen molar-refractivity contribution >= 4 is 0 Å². The van der Waals surface area contributed by atoms with Crippen LogP contribution in [0, 0.1) is 0 Å². The van der Waals surface area contributed by atoms with Crippen LogP contribution in [0.2, 0.25) is 0 Å². The predicted molar refractivity (Wildman–Crippen MR) is 78.6 cm³/mol. The Morgan fingerprint density at radius 3 is 2.55 bits per heavy atom. The molecular weight excluding hydrogens is 252 g/mol. The van der Waals surface area contributed by atoms with Gasteiger partial charge in [-0.25, -0.2) is 4.98 Å². The van der Waals surface area contributed by atoms with Crippen LogP contribution in [0.15, 0.2) is 48.7 Å². The number of pyridine rings is 1. The first-order valence-electron chi connectivity index (χ1n) is 6.69. The quantitative estimate of drug-likeness (QED) is 0.807. The first-order chi connectivity index (χ1) is 9.81. The number of aliphatic hydroxyl groups is 1. The lowest BCUT2D eigenvalue weighted by atomic mass is 10.1. The summed E-state index contributed by atoms with van der Waals surface area (Å²) < 4.78 is 5.02. The van der Waals surface area contributed by atoms with Crippen molar-refractivity contribution < 1.29 is 9.84 Å². The number of rotatable bonds is 7. The summed E-state index contributed by atoms with van der Waals surface area (Å²) in [7, 11) is 1.60. The van der Waals surface area contributed by atoms with Gasteiger partial charge in [0.1, 0.15) is 0 Å². The maximum atomic E-state index is 9.45. The van der Waals surface area contributed by atoms with Gasteiger partial charge in [-0.1, -0.05) is 36.4 Å². The zero-order valence-corrected chi connectivity index (χ0v) is 11.6. The maximum absolute atomic E-state index is 9.45. The third-order valence-electron chi connectivity index (χ3n) is 3.15. The average molecular weight is 272 g/mol. The number of methoxy groups -OCH3 is 1. The molecule has 0 spiro atoms. The standard InChI is InChI=1S/C16H20N2O2/c1-20-16-8-7-14(11-18-16)10-17-15(12-19)9-13-5-3-2-4-6-13/h2-8,11,15,17,19H,9-10,12H2,1H3/t15-/m0/s1. The fourth-order valence-electron chi connectivity index (χ4n) is 2.00. The van der Waals surface area contributed by atoms with E-state index < -0.39 is 0 Å². The highest BCUT2D eigenvalue weighted by Crippen LogP contribution is 2.07. The summed E-state index contributed by atoms with van der Waals surface area (Å²) >= 11 is 0. The fourth-order valence-corrected chi connectivity index (χ4v) is 2.00. The molecule has 20 heavy (non-hydrogen) atoms. The monoisotopic (exact) mass is 272 g/mol. The van der Waals surface area contributed by atoms with Crippen molar-refractivity contribution in [1.82, 2.24) is 10.3 Å². The van der Waals surface area contributed by atoms with Crippen LogP contribution in [-0.2, 0) is 13.0 Å². The minimum Gasteiger partial charge on any atom is -0.481 e. The number of hydrogen-bond acceptors (Lipinski definition) is 4. The minimum atomic E-state index is 0.0412. The van der Waals surface area contributed by atoms with Gasteiger partial charge in [0.25, 0.3) is 0 Å².